The Morgan fingerprint density at radius 2 is 1.94 bits per heavy atom. The molecule has 0 bridgehead atoms. The molecule has 4 heteroatoms. The van der Waals surface area contributed by atoms with E-state index in [-0.39, 0.29) is 5.91 Å². The molecule has 0 aromatic rings. The smallest absolute Gasteiger partial charge is 0.239 e. The maximum atomic E-state index is 12.1. The van der Waals surface area contributed by atoms with Crippen molar-refractivity contribution < 1.29 is 9.53 Å². The third kappa shape index (κ3) is 4.64. The molecule has 100 valence electrons. The van der Waals surface area contributed by atoms with Gasteiger partial charge in [-0.25, -0.2) is 0 Å². The topological polar surface area (TPSA) is 55.6 Å². The third-order valence-corrected chi connectivity index (χ3v) is 3.67. The first-order valence-corrected chi connectivity index (χ1v) is 6.68. The maximum Gasteiger partial charge on any atom is 0.239 e. The second-order valence-corrected chi connectivity index (χ2v) is 4.98. The number of rotatable bonds is 5. The van der Waals surface area contributed by atoms with Gasteiger partial charge in [-0.2, -0.15) is 0 Å². The lowest BCUT2D eigenvalue weighted by atomic mass is 10.1. The molecule has 0 radical (unpaired) electrons. The minimum atomic E-state index is -0.414. The number of ether oxygens (including phenoxy) is 1. The number of carbonyl (C=O) groups excluding carboxylic acids is 1. The predicted octanol–water partition coefficient (Wildman–Crippen LogP) is 1.53. The van der Waals surface area contributed by atoms with Crippen LogP contribution in [0.4, 0.5) is 0 Å². The van der Waals surface area contributed by atoms with Gasteiger partial charge in [-0.05, 0) is 19.3 Å². The Morgan fingerprint density at radius 1 is 1.35 bits per heavy atom. The van der Waals surface area contributed by atoms with E-state index in [1.807, 2.05) is 11.9 Å². The van der Waals surface area contributed by atoms with Crippen LogP contribution in [0.5, 0.6) is 0 Å². The molecular weight excluding hydrogens is 216 g/mol. The molecule has 0 aromatic heterocycles. The van der Waals surface area contributed by atoms with E-state index in [4.69, 9.17) is 10.5 Å². The Morgan fingerprint density at radius 3 is 2.47 bits per heavy atom. The molecular formula is C13H26N2O2. The summed E-state index contributed by atoms with van der Waals surface area (Å²) in [4.78, 5) is 14.0. The van der Waals surface area contributed by atoms with Crippen LogP contribution < -0.4 is 5.73 Å². The second kappa shape index (κ2) is 7.67. The summed E-state index contributed by atoms with van der Waals surface area (Å²) in [6.07, 6.45) is 7.92. The van der Waals surface area contributed by atoms with Gasteiger partial charge in [0.15, 0.2) is 0 Å². The van der Waals surface area contributed by atoms with Crippen LogP contribution in [-0.2, 0) is 9.53 Å². The van der Waals surface area contributed by atoms with Crippen LogP contribution >= 0.6 is 0 Å². The van der Waals surface area contributed by atoms with Crippen molar-refractivity contribution in [1.82, 2.24) is 4.90 Å². The van der Waals surface area contributed by atoms with Crippen molar-refractivity contribution in [1.29, 1.82) is 0 Å². The second-order valence-electron chi connectivity index (χ2n) is 4.98. The summed E-state index contributed by atoms with van der Waals surface area (Å²) in [7, 11) is 3.52. The first kappa shape index (κ1) is 14.5. The van der Waals surface area contributed by atoms with Crippen molar-refractivity contribution in [2.45, 2.75) is 57.0 Å². The lowest BCUT2D eigenvalue weighted by molar-refractivity contribution is -0.134. The van der Waals surface area contributed by atoms with Crippen molar-refractivity contribution >= 4 is 5.91 Å². The first-order valence-electron chi connectivity index (χ1n) is 6.68. The number of nitrogens with two attached hydrogens (primary N) is 1. The van der Waals surface area contributed by atoms with Gasteiger partial charge in [-0.15, -0.1) is 0 Å². The summed E-state index contributed by atoms with van der Waals surface area (Å²) in [6.45, 7) is 0.547. The summed E-state index contributed by atoms with van der Waals surface area (Å²) >= 11 is 0. The van der Waals surface area contributed by atoms with E-state index in [9.17, 15) is 4.79 Å². The lowest BCUT2D eigenvalue weighted by Gasteiger charge is -2.29. The van der Waals surface area contributed by atoms with Gasteiger partial charge in [-0.3, -0.25) is 4.79 Å². The van der Waals surface area contributed by atoms with Crippen molar-refractivity contribution in [2.24, 2.45) is 5.73 Å². The van der Waals surface area contributed by atoms with Crippen LogP contribution in [0, 0.1) is 0 Å². The molecule has 1 rings (SSSR count). The molecule has 4 nitrogen and oxygen atoms in total. The zero-order valence-corrected chi connectivity index (χ0v) is 11.2. The van der Waals surface area contributed by atoms with Crippen LogP contribution in [0.1, 0.15) is 44.9 Å². The molecule has 1 unspecified atom stereocenters. The molecule has 1 aliphatic rings. The Hall–Kier alpha value is -0.610. The monoisotopic (exact) mass is 242 g/mol. The number of likely N-dealkylation sites (N-methyl/N-ethyl adjacent to an activating group) is 1. The highest BCUT2D eigenvalue weighted by Crippen LogP contribution is 2.21. The largest absolute Gasteiger partial charge is 0.385 e. The van der Waals surface area contributed by atoms with Crippen molar-refractivity contribution in [3.8, 4) is 0 Å². The van der Waals surface area contributed by atoms with Gasteiger partial charge in [0.05, 0.1) is 6.04 Å². The van der Waals surface area contributed by atoms with Gasteiger partial charge in [0.1, 0.15) is 0 Å². The highest BCUT2D eigenvalue weighted by atomic mass is 16.5. The van der Waals surface area contributed by atoms with Crippen LogP contribution in [-0.4, -0.2) is 43.7 Å². The summed E-state index contributed by atoms with van der Waals surface area (Å²) < 4.78 is 4.96. The normalized spacial score (nSPS) is 19.7. The molecule has 1 atom stereocenters. The third-order valence-electron chi connectivity index (χ3n) is 3.67. The number of methoxy groups -OCH3 is 1. The number of hydrogen-bond acceptors (Lipinski definition) is 3. The van der Waals surface area contributed by atoms with Crippen LogP contribution in [0.3, 0.4) is 0 Å². The molecule has 0 aromatic carbocycles. The van der Waals surface area contributed by atoms with Gasteiger partial charge < -0.3 is 15.4 Å². The van der Waals surface area contributed by atoms with E-state index < -0.39 is 6.04 Å². The SMILES string of the molecule is COCCC(N)C(=O)N(C)C1CCCCCC1. The van der Waals surface area contributed by atoms with E-state index in [0.29, 0.717) is 19.1 Å². The minimum Gasteiger partial charge on any atom is -0.385 e. The van der Waals surface area contributed by atoms with E-state index in [1.165, 1.54) is 25.7 Å². The van der Waals surface area contributed by atoms with Crippen LogP contribution in [0.25, 0.3) is 0 Å². The zero-order valence-electron chi connectivity index (χ0n) is 11.2. The fourth-order valence-corrected chi connectivity index (χ4v) is 2.45. The van der Waals surface area contributed by atoms with Crippen molar-refractivity contribution in [3.05, 3.63) is 0 Å². The summed E-state index contributed by atoms with van der Waals surface area (Å²) in [6, 6.07) is -0.0261. The van der Waals surface area contributed by atoms with Crippen LogP contribution in [0.2, 0.25) is 0 Å². The fraction of sp³-hybridized carbons (Fsp3) is 0.923. The highest BCUT2D eigenvalue weighted by molar-refractivity contribution is 5.81. The average Bonchev–Trinajstić information content (AvgIpc) is 2.62. The van der Waals surface area contributed by atoms with Gasteiger partial charge in [0, 0.05) is 26.8 Å². The molecule has 1 saturated carbocycles. The number of nitrogens with zero attached hydrogens (tertiary/aromatic N) is 1. The molecule has 1 aliphatic carbocycles. The Kier molecular flexibility index (Phi) is 6.52. The van der Waals surface area contributed by atoms with Crippen LogP contribution in [0.15, 0.2) is 0 Å². The molecule has 1 amide bonds. The molecule has 0 saturated heterocycles. The molecule has 0 aliphatic heterocycles. The standard InChI is InChI=1S/C13H26N2O2/c1-15(11-7-5-3-4-6-8-11)13(16)12(14)9-10-17-2/h11-12H,3-10,14H2,1-2H3. The Labute approximate surface area is 104 Å². The molecule has 17 heavy (non-hydrogen) atoms. The highest BCUT2D eigenvalue weighted by Gasteiger charge is 2.24. The van der Waals surface area contributed by atoms with Crippen molar-refractivity contribution in [3.63, 3.8) is 0 Å². The fourth-order valence-electron chi connectivity index (χ4n) is 2.45. The predicted molar refractivity (Wildman–Crippen MR) is 68.7 cm³/mol. The quantitative estimate of drug-likeness (QED) is 0.744. The summed E-state index contributed by atoms with van der Waals surface area (Å²) in [5.74, 6) is 0.0638. The minimum absolute atomic E-state index is 0.0638. The number of hydrogen-bond donors (Lipinski definition) is 1. The number of amides is 1. The van der Waals surface area contributed by atoms with E-state index in [0.717, 1.165) is 12.8 Å². The lowest BCUT2D eigenvalue weighted by Crippen LogP contribution is -2.46. The van der Waals surface area contributed by atoms with Gasteiger partial charge in [0.2, 0.25) is 5.91 Å². The van der Waals surface area contributed by atoms with Gasteiger partial charge >= 0.3 is 0 Å². The maximum absolute atomic E-state index is 12.1. The average molecular weight is 242 g/mol. The Bertz CT molecular complexity index is 225. The van der Waals surface area contributed by atoms with Crippen molar-refractivity contribution in [2.75, 3.05) is 20.8 Å². The summed E-state index contributed by atoms with van der Waals surface area (Å²) in [5, 5.41) is 0. The van der Waals surface area contributed by atoms with E-state index in [1.54, 1.807) is 7.11 Å². The van der Waals surface area contributed by atoms with Gasteiger partial charge in [-0.1, -0.05) is 25.7 Å². The van der Waals surface area contributed by atoms with E-state index >= 15 is 0 Å². The van der Waals surface area contributed by atoms with E-state index in [2.05, 4.69) is 0 Å². The molecule has 2 N–H and O–H groups in total. The zero-order chi connectivity index (χ0) is 12.7. The number of carbonyl (C=O) groups is 1. The van der Waals surface area contributed by atoms with Gasteiger partial charge in [0.25, 0.3) is 0 Å². The molecule has 0 spiro atoms. The Balaban J connectivity index is 2.43. The summed E-state index contributed by atoms with van der Waals surface area (Å²) in [5.41, 5.74) is 5.88. The first-order chi connectivity index (χ1) is 8.16. The molecule has 0 heterocycles. The molecule has 1 fully saturated rings.